The summed E-state index contributed by atoms with van der Waals surface area (Å²) in [6.07, 6.45) is 1.34. The molecule has 1 amide bonds. The first kappa shape index (κ1) is 17.3. The molecule has 0 radical (unpaired) electrons. The van der Waals surface area contributed by atoms with Gasteiger partial charge in [-0.1, -0.05) is 51.1 Å². The Kier molecular flexibility index (Phi) is 5.22. The molecular weight excluding hydrogens is 314 g/mol. The first-order chi connectivity index (χ1) is 12.1. The summed E-state index contributed by atoms with van der Waals surface area (Å²) in [4.78, 5) is 16.8. The van der Waals surface area contributed by atoms with Crippen molar-refractivity contribution in [3.05, 3.63) is 59.9 Å². The normalized spacial score (nSPS) is 22.0. The van der Waals surface area contributed by atoms with Gasteiger partial charge >= 0.3 is 6.09 Å². The number of pyridine rings is 1. The lowest BCUT2D eigenvalue weighted by molar-refractivity contribution is 0.129. The predicted molar refractivity (Wildman–Crippen MR) is 98.2 cm³/mol. The SMILES string of the molecule is CC(C)[C@H]1Nc2cccnc2[C@@H](NC(=O)OCc2ccccc2)[C@@H]1C. The Morgan fingerprint density at radius 2 is 2.00 bits per heavy atom. The van der Waals surface area contributed by atoms with Crippen molar-refractivity contribution in [2.24, 2.45) is 11.8 Å². The third kappa shape index (κ3) is 3.92. The zero-order valence-corrected chi connectivity index (χ0v) is 14.9. The number of rotatable bonds is 4. The van der Waals surface area contributed by atoms with Crippen LogP contribution in [0.3, 0.4) is 0 Å². The largest absolute Gasteiger partial charge is 0.445 e. The van der Waals surface area contributed by atoms with Gasteiger partial charge in [0.15, 0.2) is 0 Å². The lowest BCUT2D eigenvalue weighted by atomic mass is 9.81. The lowest BCUT2D eigenvalue weighted by Gasteiger charge is -2.40. The molecule has 5 heteroatoms. The van der Waals surface area contributed by atoms with Crippen LogP contribution >= 0.6 is 0 Å². The van der Waals surface area contributed by atoms with Gasteiger partial charge in [-0.15, -0.1) is 0 Å². The van der Waals surface area contributed by atoms with Crippen LogP contribution in [-0.2, 0) is 11.3 Å². The van der Waals surface area contributed by atoms with Crippen molar-refractivity contribution in [1.82, 2.24) is 10.3 Å². The molecule has 1 aromatic carbocycles. The second-order valence-corrected chi connectivity index (χ2v) is 6.89. The maximum Gasteiger partial charge on any atom is 0.408 e. The maximum absolute atomic E-state index is 12.3. The zero-order chi connectivity index (χ0) is 17.8. The van der Waals surface area contributed by atoms with E-state index in [0.717, 1.165) is 16.9 Å². The molecule has 0 unspecified atom stereocenters. The minimum absolute atomic E-state index is 0.173. The van der Waals surface area contributed by atoms with Gasteiger partial charge in [0.1, 0.15) is 6.61 Å². The van der Waals surface area contributed by atoms with Crippen molar-refractivity contribution in [2.45, 2.75) is 39.5 Å². The Hall–Kier alpha value is -2.56. The Morgan fingerprint density at radius 1 is 1.24 bits per heavy atom. The summed E-state index contributed by atoms with van der Waals surface area (Å²) < 4.78 is 5.39. The molecular formula is C20H25N3O2. The average molecular weight is 339 g/mol. The van der Waals surface area contributed by atoms with Crippen molar-refractivity contribution in [3.8, 4) is 0 Å². The summed E-state index contributed by atoms with van der Waals surface area (Å²) in [5, 5.41) is 6.57. The van der Waals surface area contributed by atoms with Crippen LogP contribution in [0.25, 0.3) is 0 Å². The van der Waals surface area contributed by atoms with E-state index in [1.54, 1.807) is 6.20 Å². The fourth-order valence-corrected chi connectivity index (χ4v) is 3.42. The summed E-state index contributed by atoms with van der Waals surface area (Å²) >= 11 is 0. The highest BCUT2D eigenvalue weighted by atomic mass is 16.5. The van der Waals surface area contributed by atoms with Gasteiger partial charge in [-0.25, -0.2) is 4.79 Å². The van der Waals surface area contributed by atoms with Gasteiger partial charge in [-0.3, -0.25) is 4.98 Å². The van der Waals surface area contributed by atoms with Crippen LogP contribution in [0.5, 0.6) is 0 Å². The van der Waals surface area contributed by atoms with Gasteiger partial charge in [0.05, 0.1) is 17.4 Å². The molecule has 1 aromatic heterocycles. The van der Waals surface area contributed by atoms with E-state index in [0.29, 0.717) is 5.92 Å². The summed E-state index contributed by atoms with van der Waals surface area (Å²) in [7, 11) is 0. The third-order valence-electron chi connectivity index (χ3n) is 4.75. The zero-order valence-electron chi connectivity index (χ0n) is 14.9. The number of hydrogen-bond donors (Lipinski definition) is 2. The standard InChI is InChI=1S/C20H25N3O2/c1-13(2)17-14(3)18(19-16(22-17)10-7-11-21-19)23-20(24)25-12-15-8-5-4-6-9-15/h4-11,13-14,17-18,22H,12H2,1-3H3,(H,23,24)/t14-,17-,18+/m1/s1. The fourth-order valence-electron chi connectivity index (χ4n) is 3.42. The molecule has 5 nitrogen and oxygen atoms in total. The number of alkyl carbamates (subject to hydrolysis) is 1. The number of nitrogens with one attached hydrogen (secondary N) is 2. The number of fused-ring (bicyclic) bond motifs is 1. The quantitative estimate of drug-likeness (QED) is 0.879. The highest BCUT2D eigenvalue weighted by Gasteiger charge is 2.37. The molecule has 0 saturated carbocycles. The van der Waals surface area contributed by atoms with Crippen molar-refractivity contribution >= 4 is 11.8 Å². The molecule has 3 rings (SSSR count). The number of aromatic nitrogens is 1. The topological polar surface area (TPSA) is 63.2 Å². The van der Waals surface area contributed by atoms with Crippen LogP contribution in [-0.4, -0.2) is 17.1 Å². The molecule has 2 heterocycles. The van der Waals surface area contributed by atoms with Crippen LogP contribution in [0.2, 0.25) is 0 Å². The van der Waals surface area contributed by atoms with E-state index < -0.39 is 6.09 Å². The Morgan fingerprint density at radius 3 is 2.72 bits per heavy atom. The number of nitrogens with zero attached hydrogens (tertiary/aromatic N) is 1. The van der Waals surface area contributed by atoms with Gasteiger partial charge in [-0.05, 0) is 23.6 Å². The number of carbonyl (C=O) groups excluding carboxylic acids is 1. The fraction of sp³-hybridized carbons (Fsp3) is 0.400. The van der Waals surface area contributed by atoms with Crippen molar-refractivity contribution in [1.29, 1.82) is 0 Å². The van der Waals surface area contributed by atoms with Crippen LogP contribution in [0, 0.1) is 11.8 Å². The highest BCUT2D eigenvalue weighted by Crippen LogP contribution is 2.37. The predicted octanol–water partition coefficient (Wildman–Crippen LogP) is 4.14. The van der Waals surface area contributed by atoms with E-state index in [1.165, 1.54) is 0 Å². The smallest absolute Gasteiger partial charge is 0.408 e. The van der Waals surface area contributed by atoms with E-state index in [9.17, 15) is 4.79 Å². The third-order valence-corrected chi connectivity index (χ3v) is 4.75. The lowest BCUT2D eigenvalue weighted by Crippen LogP contribution is -2.46. The molecule has 1 aliphatic rings. The summed E-state index contributed by atoms with van der Waals surface area (Å²) in [6, 6.07) is 13.7. The van der Waals surface area contributed by atoms with Crippen LogP contribution in [0.1, 0.15) is 38.1 Å². The molecule has 132 valence electrons. The van der Waals surface area contributed by atoms with Crippen LogP contribution in [0.15, 0.2) is 48.7 Å². The van der Waals surface area contributed by atoms with E-state index in [-0.39, 0.29) is 24.6 Å². The monoisotopic (exact) mass is 339 g/mol. The van der Waals surface area contributed by atoms with Crippen molar-refractivity contribution in [2.75, 3.05) is 5.32 Å². The van der Waals surface area contributed by atoms with Gasteiger partial charge in [-0.2, -0.15) is 0 Å². The molecule has 0 aliphatic carbocycles. The first-order valence-corrected chi connectivity index (χ1v) is 8.75. The summed E-state index contributed by atoms with van der Waals surface area (Å²) in [5.41, 5.74) is 2.81. The summed E-state index contributed by atoms with van der Waals surface area (Å²) in [5.74, 6) is 0.639. The number of ether oxygens (including phenoxy) is 1. The second-order valence-electron chi connectivity index (χ2n) is 6.89. The molecule has 2 aromatic rings. The van der Waals surface area contributed by atoms with Gasteiger partial charge in [0, 0.05) is 18.2 Å². The molecule has 25 heavy (non-hydrogen) atoms. The van der Waals surface area contributed by atoms with Gasteiger partial charge in [0.2, 0.25) is 0 Å². The minimum Gasteiger partial charge on any atom is -0.445 e. The van der Waals surface area contributed by atoms with Crippen LogP contribution < -0.4 is 10.6 Å². The number of amides is 1. The first-order valence-electron chi connectivity index (χ1n) is 8.75. The summed E-state index contributed by atoms with van der Waals surface area (Å²) in [6.45, 7) is 6.76. The molecule has 3 atom stereocenters. The maximum atomic E-state index is 12.3. The Bertz CT molecular complexity index is 718. The van der Waals surface area contributed by atoms with E-state index in [4.69, 9.17) is 4.74 Å². The van der Waals surface area contributed by atoms with Crippen molar-refractivity contribution in [3.63, 3.8) is 0 Å². The number of benzene rings is 1. The Labute approximate surface area is 148 Å². The minimum atomic E-state index is -0.415. The van der Waals surface area contributed by atoms with Crippen LogP contribution in [0.4, 0.5) is 10.5 Å². The molecule has 2 N–H and O–H groups in total. The average Bonchev–Trinajstić information content (AvgIpc) is 2.62. The van der Waals surface area contributed by atoms with E-state index >= 15 is 0 Å². The van der Waals surface area contributed by atoms with Gasteiger partial charge in [0.25, 0.3) is 0 Å². The van der Waals surface area contributed by atoms with Crippen molar-refractivity contribution < 1.29 is 9.53 Å². The molecule has 0 spiro atoms. The highest BCUT2D eigenvalue weighted by molar-refractivity contribution is 5.69. The molecule has 0 saturated heterocycles. The second kappa shape index (κ2) is 7.55. The molecule has 0 fully saturated rings. The number of hydrogen-bond acceptors (Lipinski definition) is 4. The number of anilines is 1. The molecule has 0 bridgehead atoms. The van der Waals surface area contributed by atoms with Gasteiger partial charge < -0.3 is 15.4 Å². The Balaban J connectivity index is 1.72. The number of carbonyl (C=O) groups is 1. The van der Waals surface area contributed by atoms with E-state index in [1.807, 2.05) is 42.5 Å². The van der Waals surface area contributed by atoms with E-state index in [2.05, 4.69) is 36.4 Å². The molecule has 1 aliphatic heterocycles.